The summed E-state index contributed by atoms with van der Waals surface area (Å²) < 4.78 is 0. The summed E-state index contributed by atoms with van der Waals surface area (Å²) in [7, 11) is 0. The van der Waals surface area contributed by atoms with Gasteiger partial charge in [0.05, 0.1) is 0 Å². The molecule has 0 aromatic heterocycles. The molecule has 1 rings (SSSR count). The van der Waals surface area contributed by atoms with Gasteiger partial charge in [-0.05, 0) is 23.5 Å². The minimum absolute atomic E-state index is 0.522. The van der Waals surface area contributed by atoms with Crippen LogP contribution in [0.15, 0.2) is 48.1 Å². The standard InChI is InChI=1S/C12H17N/c1-3-10-6-5-7-12(9-13)11(4-2)8-10/h4-8,10H,2-3,9,13H2,1H3. The molecule has 0 aromatic carbocycles. The summed E-state index contributed by atoms with van der Waals surface area (Å²) in [4.78, 5) is 0. The minimum atomic E-state index is 0.522. The number of nitrogens with two attached hydrogens (primary N) is 1. The van der Waals surface area contributed by atoms with Crippen molar-refractivity contribution in [1.29, 1.82) is 0 Å². The summed E-state index contributed by atoms with van der Waals surface area (Å²) in [6, 6.07) is 0. The van der Waals surface area contributed by atoms with Gasteiger partial charge in [0.2, 0.25) is 0 Å². The molecule has 1 aliphatic rings. The van der Waals surface area contributed by atoms with Gasteiger partial charge in [-0.2, -0.15) is 0 Å². The van der Waals surface area contributed by atoms with Crippen LogP contribution in [0, 0.1) is 5.92 Å². The van der Waals surface area contributed by atoms with Crippen LogP contribution in [0.5, 0.6) is 0 Å². The Balaban J connectivity index is 2.95. The third-order valence-electron chi connectivity index (χ3n) is 2.33. The van der Waals surface area contributed by atoms with E-state index in [-0.39, 0.29) is 0 Å². The molecule has 0 aliphatic heterocycles. The third-order valence-corrected chi connectivity index (χ3v) is 2.33. The zero-order valence-corrected chi connectivity index (χ0v) is 8.16. The molecule has 1 nitrogen and oxygen atoms in total. The van der Waals surface area contributed by atoms with E-state index in [1.54, 1.807) is 0 Å². The van der Waals surface area contributed by atoms with Crippen LogP contribution in [0.4, 0.5) is 0 Å². The third kappa shape index (κ3) is 2.43. The molecule has 1 aliphatic carbocycles. The summed E-state index contributed by atoms with van der Waals surface area (Å²) >= 11 is 0. The van der Waals surface area contributed by atoms with Gasteiger partial charge in [0.15, 0.2) is 0 Å². The Hall–Kier alpha value is -1.08. The highest BCUT2D eigenvalue weighted by atomic mass is 14.5. The molecule has 0 amide bonds. The molecule has 1 heteroatoms. The van der Waals surface area contributed by atoms with Gasteiger partial charge in [0.25, 0.3) is 0 Å². The largest absolute Gasteiger partial charge is 0.326 e. The molecule has 0 fully saturated rings. The molecule has 0 radical (unpaired) electrons. The predicted octanol–water partition coefficient (Wildman–Crippen LogP) is 2.58. The zero-order valence-electron chi connectivity index (χ0n) is 8.16. The Morgan fingerprint density at radius 3 is 2.92 bits per heavy atom. The van der Waals surface area contributed by atoms with Crippen LogP contribution in [0.1, 0.15) is 13.3 Å². The lowest BCUT2D eigenvalue weighted by Gasteiger charge is -2.06. The average molecular weight is 175 g/mol. The molecule has 0 saturated carbocycles. The average Bonchev–Trinajstić information content (AvgIpc) is 2.38. The van der Waals surface area contributed by atoms with Crippen molar-refractivity contribution in [3.63, 3.8) is 0 Å². The Morgan fingerprint density at radius 1 is 1.62 bits per heavy atom. The summed E-state index contributed by atoms with van der Waals surface area (Å²) in [5.74, 6) is 0.522. The van der Waals surface area contributed by atoms with Crippen molar-refractivity contribution in [2.75, 3.05) is 6.54 Å². The topological polar surface area (TPSA) is 26.0 Å². The van der Waals surface area contributed by atoms with Gasteiger partial charge in [-0.1, -0.05) is 43.9 Å². The molecule has 0 spiro atoms. The molecule has 0 heterocycles. The predicted molar refractivity (Wildman–Crippen MR) is 58.3 cm³/mol. The first-order valence-electron chi connectivity index (χ1n) is 4.73. The Morgan fingerprint density at radius 2 is 2.38 bits per heavy atom. The summed E-state index contributed by atoms with van der Waals surface area (Å²) in [6.07, 6.45) is 11.6. The van der Waals surface area contributed by atoms with E-state index in [1.807, 2.05) is 6.08 Å². The molecule has 1 atom stereocenters. The fourth-order valence-electron chi connectivity index (χ4n) is 1.44. The van der Waals surface area contributed by atoms with E-state index in [4.69, 9.17) is 5.73 Å². The number of hydrogen-bond donors (Lipinski definition) is 1. The molecule has 1 unspecified atom stereocenters. The van der Waals surface area contributed by atoms with Gasteiger partial charge in [-0.25, -0.2) is 0 Å². The first kappa shape index (κ1) is 10.0. The van der Waals surface area contributed by atoms with E-state index in [0.717, 1.165) is 6.42 Å². The lowest BCUT2D eigenvalue weighted by atomic mass is 10.0. The van der Waals surface area contributed by atoms with E-state index >= 15 is 0 Å². The van der Waals surface area contributed by atoms with Crippen molar-refractivity contribution in [2.24, 2.45) is 11.7 Å². The Labute approximate surface area is 80.3 Å². The fourth-order valence-corrected chi connectivity index (χ4v) is 1.44. The van der Waals surface area contributed by atoms with Gasteiger partial charge in [0, 0.05) is 6.54 Å². The number of rotatable bonds is 3. The van der Waals surface area contributed by atoms with Crippen LogP contribution >= 0.6 is 0 Å². The highest BCUT2D eigenvalue weighted by molar-refractivity contribution is 5.44. The van der Waals surface area contributed by atoms with E-state index < -0.39 is 0 Å². The maximum atomic E-state index is 5.63. The van der Waals surface area contributed by atoms with Gasteiger partial charge in [0.1, 0.15) is 0 Å². The minimum Gasteiger partial charge on any atom is -0.326 e. The second kappa shape index (κ2) is 4.83. The van der Waals surface area contributed by atoms with Crippen molar-refractivity contribution in [1.82, 2.24) is 0 Å². The maximum absolute atomic E-state index is 5.63. The molecule has 13 heavy (non-hydrogen) atoms. The normalized spacial score (nSPS) is 21.8. The van der Waals surface area contributed by atoms with Crippen LogP contribution in [0.2, 0.25) is 0 Å². The van der Waals surface area contributed by atoms with Crippen LogP contribution < -0.4 is 5.73 Å². The second-order valence-electron chi connectivity index (χ2n) is 3.18. The van der Waals surface area contributed by atoms with Crippen molar-refractivity contribution < 1.29 is 0 Å². The molecule has 0 bridgehead atoms. The first-order valence-corrected chi connectivity index (χ1v) is 4.73. The van der Waals surface area contributed by atoms with E-state index in [0.29, 0.717) is 12.5 Å². The molecule has 0 aromatic rings. The lowest BCUT2D eigenvalue weighted by molar-refractivity contribution is 0.772. The van der Waals surface area contributed by atoms with E-state index in [9.17, 15) is 0 Å². The molecule has 70 valence electrons. The van der Waals surface area contributed by atoms with Crippen LogP contribution in [0.25, 0.3) is 0 Å². The monoisotopic (exact) mass is 175 g/mol. The highest BCUT2D eigenvalue weighted by Crippen LogP contribution is 2.19. The quantitative estimate of drug-likeness (QED) is 0.701. The van der Waals surface area contributed by atoms with Gasteiger partial charge < -0.3 is 5.73 Å². The summed E-state index contributed by atoms with van der Waals surface area (Å²) in [5, 5.41) is 0. The maximum Gasteiger partial charge on any atom is 0.0183 e. The zero-order chi connectivity index (χ0) is 9.68. The lowest BCUT2D eigenvalue weighted by Crippen LogP contribution is -2.04. The van der Waals surface area contributed by atoms with Crippen LogP contribution in [-0.4, -0.2) is 6.54 Å². The molecular formula is C12H17N. The van der Waals surface area contributed by atoms with Gasteiger partial charge in [-0.15, -0.1) is 0 Å². The Kier molecular flexibility index (Phi) is 3.71. The first-order chi connectivity index (χ1) is 6.31. The van der Waals surface area contributed by atoms with Crippen molar-refractivity contribution >= 4 is 0 Å². The highest BCUT2D eigenvalue weighted by Gasteiger charge is 2.05. The molecular weight excluding hydrogens is 158 g/mol. The molecule has 0 saturated heterocycles. The summed E-state index contributed by atoms with van der Waals surface area (Å²) in [5.41, 5.74) is 7.98. The molecule has 2 N–H and O–H groups in total. The van der Waals surface area contributed by atoms with E-state index in [2.05, 4.69) is 37.8 Å². The van der Waals surface area contributed by atoms with Gasteiger partial charge >= 0.3 is 0 Å². The fraction of sp³-hybridized carbons (Fsp3) is 0.333. The number of hydrogen-bond acceptors (Lipinski definition) is 1. The van der Waals surface area contributed by atoms with Crippen molar-refractivity contribution in [3.05, 3.63) is 48.1 Å². The van der Waals surface area contributed by atoms with Crippen LogP contribution in [-0.2, 0) is 0 Å². The van der Waals surface area contributed by atoms with Crippen molar-refractivity contribution in [2.45, 2.75) is 13.3 Å². The smallest absolute Gasteiger partial charge is 0.0183 e. The van der Waals surface area contributed by atoms with Gasteiger partial charge in [-0.3, -0.25) is 0 Å². The van der Waals surface area contributed by atoms with Crippen molar-refractivity contribution in [3.8, 4) is 0 Å². The number of allylic oxidation sites excluding steroid dienone is 5. The SMILES string of the molecule is C=CC1=CC(CC)C=CC=C1CN. The second-order valence-corrected chi connectivity index (χ2v) is 3.18. The summed E-state index contributed by atoms with van der Waals surface area (Å²) in [6.45, 7) is 6.56. The van der Waals surface area contributed by atoms with E-state index in [1.165, 1.54) is 11.1 Å². The Bertz CT molecular complexity index is 269. The van der Waals surface area contributed by atoms with Crippen LogP contribution in [0.3, 0.4) is 0 Å².